The van der Waals surface area contributed by atoms with Crippen LogP contribution in [0.1, 0.15) is 30.9 Å². The Bertz CT molecular complexity index is 379. The monoisotopic (exact) mass is 281 g/mol. The molecule has 20 heavy (non-hydrogen) atoms. The summed E-state index contributed by atoms with van der Waals surface area (Å²) in [5.74, 6) is 0.532. The molecule has 1 N–H and O–H groups in total. The lowest BCUT2D eigenvalue weighted by Crippen LogP contribution is -2.25. The molecule has 1 saturated carbocycles. The largest absolute Gasteiger partial charge is 0.382 e. The van der Waals surface area contributed by atoms with Gasteiger partial charge in [-0.25, -0.2) is 4.39 Å². The summed E-state index contributed by atoms with van der Waals surface area (Å²) in [4.78, 5) is 0. The minimum Gasteiger partial charge on any atom is -0.382 e. The van der Waals surface area contributed by atoms with Crippen LogP contribution in [0.2, 0.25) is 0 Å². The van der Waals surface area contributed by atoms with E-state index in [9.17, 15) is 4.39 Å². The quantitative estimate of drug-likeness (QED) is 0.669. The number of benzene rings is 1. The first-order valence-corrected chi connectivity index (χ1v) is 7.37. The summed E-state index contributed by atoms with van der Waals surface area (Å²) in [6.45, 7) is 2.97. The molecule has 4 heteroatoms. The molecule has 0 heterocycles. The lowest BCUT2D eigenvalue weighted by Gasteiger charge is -2.19. The summed E-state index contributed by atoms with van der Waals surface area (Å²) >= 11 is 0. The maximum atomic E-state index is 13.0. The second-order valence-electron chi connectivity index (χ2n) is 5.28. The van der Waals surface area contributed by atoms with Crippen molar-refractivity contribution in [2.24, 2.45) is 5.92 Å². The topological polar surface area (TPSA) is 30.5 Å². The highest BCUT2D eigenvalue weighted by Crippen LogP contribution is 2.40. The van der Waals surface area contributed by atoms with E-state index in [-0.39, 0.29) is 5.82 Å². The average molecular weight is 281 g/mol. The van der Waals surface area contributed by atoms with E-state index in [1.807, 2.05) is 12.1 Å². The Balaban J connectivity index is 1.69. The van der Waals surface area contributed by atoms with Crippen LogP contribution in [0.3, 0.4) is 0 Å². The summed E-state index contributed by atoms with van der Waals surface area (Å²) < 4.78 is 23.3. The number of hydrogen-bond acceptors (Lipinski definition) is 3. The Morgan fingerprint density at radius 1 is 1.20 bits per heavy atom. The maximum Gasteiger partial charge on any atom is 0.123 e. The second kappa shape index (κ2) is 8.35. The number of ether oxygens (including phenoxy) is 2. The number of methoxy groups -OCH3 is 1. The SMILES string of the molecule is COCCOCCCNC(c1ccc(F)cc1)C1CC1. The zero-order valence-corrected chi connectivity index (χ0v) is 12.1. The van der Waals surface area contributed by atoms with E-state index in [0.717, 1.165) is 19.6 Å². The van der Waals surface area contributed by atoms with Gasteiger partial charge in [-0.05, 0) is 49.4 Å². The summed E-state index contributed by atoms with van der Waals surface area (Å²) in [5, 5.41) is 3.57. The summed E-state index contributed by atoms with van der Waals surface area (Å²) in [5.41, 5.74) is 1.19. The van der Waals surface area contributed by atoms with Crippen molar-refractivity contribution in [3.63, 3.8) is 0 Å². The van der Waals surface area contributed by atoms with Gasteiger partial charge in [0.1, 0.15) is 5.82 Å². The fourth-order valence-corrected chi connectivity index (χ4v) is 2.33. The van der Waals surface area contributed by atoms with Crippen LogP contribution in [-0.4, -0.2) is 33.5 Å². The summed E-state index contributed by atoms with van der Waals surface area (Å²) in [6, 6.07) is 7.22. The van der Waals surface area contributed by atoms with Gasteiger partial charge < -0.3 is 14.8 Å². The Kier molecular flexibility index (Phi) is 6.43. The third-order valence-corrected chi connectivity index (χ3v) is 3.58. The van der Waals surface area contributed by atoms with Gasteiger partial charge >= 0.3 is 0 Å². The van der Waals surface area contributed by atoms with Crippen LogP contribution in [0.25, 0.3) is 0 Å². The zero-order chi connectivity index (χ0) is 14.2. The van der Waals surface area contributed by atoms with E-state index >= 15 is 0 Å². The molecular weight excluding hydrogens is 257 g/mol. The molecule has 0 bridgehead atoms. The van der Waals surface area contributed by atoms with Crippen LogP contribution in [0, 0.1) is 11.7 Å². The molecule has 112 valence electrons. The minimum absolute atomic E-state index is 0.171. The highest BCUT2D eigenvalue weighted by Gasteiger charge is 2.31. The van der Waals surface area contributed by atoms with Crippen molar-refractivity contribution in [1.29, 1.82) is 0 Å². The van der Waals surface area contributed by atoms with Gasteiger partial charge in [0.25, 0.3) is 0 Å². The molecule has 1 unspecified atom stereocenters. The maximum absolute atomic E-state index is 13.0. The first-order valence-electron chi connectivity index (χ1n) is 7.37. The van der Waals surface area contributed by atoms with Crippen LogP contribution in [0.4, 0.5) is 4.39 Å². The molecule has 1 aromatic rings. The Labute approximate surface area is 120 Å². The zero-order valence-electron chi connectivity index (χ0n) is 12.1. The molecule has 3 nitrogen and oxygen atoms in total. The highest BCUT2D eigenvalue weighted by molar-refractivity contribution is 5.21. The van der Waals surface area contributed by atoms with E-state index in [1.54, 1.807) is 19.2 Å². The third kappa shape index (κ3) is 5.19. The minimum atomic E-state index is -0.171. The number of halogens is 1. The van der Waals surface area contributed by atoms with Gasteiger partial charge in [-0.15, -0.1) is 0 Å². The molecule has 1 fully saturated rings. The lowest BCUT2D eigenvalue weighted by atomic mass is 10.0. The second-order valence-corrected chi connectivity index (χ2v) is 5.28. The van der Waals surface area contributed by atoms with Crippen molar-refractivity contribution >= 4 is 0 Å². The molecule has 2 rings (SSSR count). The molecule has 0 aromatic heterocycles. The number of rotatable bonds is 10. The van der Waals surface area contributed by atoms with Crippen molar-refractivity contribution in [2.45, 2.75) is 25.3 Å². The van der Waals surface area contributed by atoms with Crippen molar-refractivity contribution in [3.8, 4) is 0 Å². The lowest BCUT2D eigenvalue weighted by molar-refractivity contribution is 0.0691. The van der Waals surface area contributed by atoms with Gasteiger partial charge in [0.2, 0.25) is 0 Å². The van der Waals surface area contributed by atoms with Gasteiger partial charge in [-0.3, -0.25) is 0 Å². The molecule has 0 spiro atoms. The summed E-state index contributed by atoms with van der Waals surface area (Å²) in [7, 11) is 1.67. The fourth-order valence-electron chi connectivity index (χ4n) is 2.33. The molecule has 1 aromatic carbocycles. The van der Waals surface area contributed by atoms with Gasteiger partial charge in [-0.1, -0.05) is 12.1 Å². The molecule has 0 amide bonds. The molecule has 1 atom stereocenters. The van der Waals surface area contributed by atoms with Crippen LogP contribution in [0.5, 0.6) is 0 Å². The molecule has 0 saturated heterocycles. The number of nitrogens with one attached hydrogen (secondary N) is 1. The molecular formula is C16H24FNO2. The normalized spacial score (nSPS) is 16.3. The van der Waals surface area contributed by atoms with Gasteiger partial charge in [0.15, 0.2) is 0 Å². The Hall–Kier alpha value is -0.970. The van der Waals surface area contributed by atoms with Crippen molar-refractivity contribution in [2.75, 3.05) is 33.5 Å². The molecule has 1 aliphatic rings. The van der Waals surface area contributed by atoms with Crippen LogP contribution in [-0.2, 0) is 9.47 Å². The molecule has 0 radical (unpaired) electrons. The van der Waals surface area contributed by atoms with Crippen molar-refractivity contribution in [3.05, 3.63) is 35.6 Å². The van der Waals surface area contributed by atoms with Crippen molar-refractivity contribution in [1.82, 2.24) is 5.32 Å². The third-order valence-electron chi connectivity index (χ3n) is 3.58. The molecule has 1 aliphatic carbocycles. The van der Waals surface area contributed by atoms with Crippen LogP contribution < -0.4 is 5.32 Å². The predicted molar refractivity (Wildman–Crippen MR) is 77.2 cm³/mol. The Morgan fingerprint density at radius 2 is 1.95 bits per heavy atom. The van der Waals surface area contributed by atoms with Gasteiger partial charge in [0.05, 0.1) is 13.2 Å². The first kappa shape index (κ1) is 15.4. The van der Waals surface area contributed by atoms with Gasteiger partial charge in [-0.2, -0.15) is 0 Å². The Morgan fingerprint density at radius 3 is 2.60 bits per heavy atom. The van der Waals surface area contributed by atoms with E-state index in [1.165, 1.54) is 18.4 Å². The van der Waals surface area contributed by atoms with E-state index in [0.29, 0.717) is 25.2 Å². The number of hydrogen-bond donors (Lipinski definition) is 1. The summed E-state index contributed by atoms with van der Waals surface area (Å²) in [6.07, 6.45) is 3.51. The highest BCUT2D eigenvalue weighted by atomic mass is 19.1. The van der Waals surface area contributed by atoms with E-state index in [4.69, 9.17) is 9.47 Å². The van der Waals surface area contributed by atoms with Crippen LogP contribution >= 0.6 is 0 Å². The van der Waals surface area contributed by atoms with Gasteiger partial charge in [0, 0.05) is 19.8 Å². The standard InChI is InChI=1S/C16H24FNO2/c1-19-11-12-20-10-2-9-18-16(13-3-4-13)14-5-7-15(17)8-6-14/h5-8,13,16,18H,2-4,9-12H2,1H3. The van der Waals surface area contributed by atoms with Crippen molar-refractivity contribution < 1.29 is 13.9 Å². The van der Waals surface area contributed by atoms with E-state index in [2.05, 4.69) is 5.32 Å². The average Bonchev–Trinajstić information content (AvgIpc) is 3.28. The van der Waals surface area contributed by atoms with E-state index < -0.39 is 0 Å². The smallest absolute Gasteiger partial charge is 0.123 e. The van der Waals surface area contributed by atoms with Crippen LogP contribution in [0.15, 0.2) is 24.3 Å². The molecule has 0 aliphatic heterocycles. The predicted octanol–water partition coefficient (Wildman–Crippen LogP) is 2.92. The fraction of sp³-hybridized carbons (Fsp3) is 0.625. The first-order chi connectivity index (χ1) is 9.81.